The number of benzene rings is 1. The number of ether oxygens (including phenoxy) is 1. The average molecular weight is 344 g/mol. The summed E-state index contributed by atoms with van der Waals surface area (Å²) in [5.74, 6) is 0.590. The predicted octanol–water partition coefficient (Wildman–Crippen LogP) is 4.32. The summed E-state index contributed by atoms with van der Waals surface area (Å²) >= 11 is 0. The number of hydrogen-bond acceptors (Lipinski definition) is 4. The molecule has 5 heteroatoms. The molecule has 0 saturated heterocycles. The Labute approximate surface area is 152 Å². The van der Waals surface area contributed by atoms with Crippen molar-refractivity contribution in [2.75, 3.05) is 0 Å². The van der Waals surface area contributed by atoms with Gasteiger partial charge in [-0.25, -0.2) is 4.68 Å². The van der Waals surface area contributed by atoms with E-state index in [1.807, 2.05) is 29.8 Å². The fraction of sp³-hybridized carbons (Fsp3) is 0.190. The smallest absolute Gasteiger partial charge is 0.215 e. The standard InChI is InChI=1S/C21H20N4O/c1-14-6-8-18(9-7-14)25-21-20(16(3)24-25)15(2)11-19(23-21)26-13-17-5-4-10-22-12-17/h4-12H,13H2,1-3H3. The van der Waals surface area contributed by atoms with Gasteiger partial charge in [-0.2, -0.15) is 10.1 Å². The topological polar surface area (TPSA) is 52.8 Å². The fourth-order valence-corrected chi connectivity index (χ4v) is 3.05. The molecule has 4 aromatic rings. The first-order valence-electron chi connectivity index (χ1n) is 8.57. The average Bonchev–Trinajstić information content (AvgIpc) is 2.98. The van der Waals surface area contributed by atoms with Gasteiger partial charge in [0.05, 0.1) is 11.4 Å². The van der Waals surface area contributed by atoms with Crippen LogP contribution in [0.1, 0.15) is 22.4 Å². The second-order valence-corrected chi connectivity index (χ2v) is 6.46. The van der Waals surface area contributed by atoms with Crippen LogP contribution < -0.4 is 4.74 Å². The molecule has 0 aliphatic heterocycles. The van der Waals surface area contributed by atoms with Gasteiger partial charge in [-0.1, -0.05) is 23.8 Å². The molecule has 0 radical (unpaired) electrons. The highest BCUT2D eigenvalue weighted by molar-refractivity contribution is 5.83. The van der Waals surface area contributed by atoms with Crippen molar-refractivity contribution in [1.29, 1.82) is 0 Å². The highest BCUT2D eigenvalue weighted by Gasteiger charge is 2.15. The van der Waals surface area contributed by atoms with Crippen LogP contribution in [0.4, 0.5) is 0 Å². The van der Waals surface area contributed by atoms with Crippen molar-refractivity contribution >= 4 is 11.0 Å². The second-order valence-electron chi connectivity index (χ2n) is 6.46. The van der Waals surface area contributed by atoms with Gasteiger partial charge in [0.1, 0.15) is 6.61 Å². The van der Waals surface area contributed by atoms with Crippen LogP contribution in [0.2, 0.25) is 0 Å². The Morgan fingerprint density at radius 1 is 1.04 bits per heavy atom. The number of hydrogen-bond donors (Lipinski definition) is 0. The number of aryl methyl sites for hydroxylation is 3. The first-order chi connectivity index (χ1) is 12.6. The van der Waals surface area contributed by atoms with E-state index in [-0.39, 0.29) is 0 Å². The number of fused-ring (bicyclic) bond motifs is 1. The number of pyridine rings is 2. The summed E-state index contributed by atoms with van der Waals surface area (Å²) in [7, 11) is 0. The molecular formula is C21H20N4O. The molecule has 0 aliphatic rings. The third-order valence-electron chi connectivity index (χ3n) is 4.37. The molecule has 0 bridgehead atoms. The van der Waals surface area contributed by atoms with Crippen molar-refractivity contribution < 1.29 is 4.74 Å². The van der Waals surface area contributed by atoms with Gasteiger partial charge in [0.2, 0.25) is 5.88 Å². The van der Waals surface area contributed by atoms with E-state index in [4.69, 9.17) is 14.8 Å². The lowest BCUT2D eigenvalue weighted by molar-refractivity contribution is 0.294. The Balaban J connectivity index is 1.75. The normalized spacial score (nSPS) is 11.0. The number of nitrogens with zero attached hydrogens (tertiary/aromatic N) is 4. The number of rotatable bonds is 4. The predicted molar refractivity (Wildman–Crippen MR) is 102 cm³/mol. The third-order valence-corrected chi connectivity index (χ3v) is 4.37. The van der Waals surface area contributed by atoms with Gasteiger partial charge >= 0.3 is 0 Å². The second kappa shape index (κ2) is 6.59. The lowest BCUT2D eigenvalue weighted by Crippen LogP contribution is -2.01. The van der Waals surface area contributed by atoms with Crippen molar-refractivity contribution in [2.24, 2.45) is 0 Å². The monoisotopic (exact) mass is 344 g/mol. The Bertz CT molecular complexity index is 1050. The molecule has 5 nitrogen and oxygen atoms in total. The maximum absolute atomic E-state index is 5.91. The summed E-state index contributed by atoms with van der Waals surface area (Å²) in [5.41, 5.74) is 6.09. The lowest BCUT2D eigenvalue weighted by atomic mass is 10.1. The summed E-state index contributed by atoms with van der Waals surface area (Å²) in [6.45, 7) is 6.58. The quantitative estimate of drug-likeness (QED) is 0.553. The van der Waals surface area contributed by atoms with Crippen molar-refractivity contribution in [3.05, 3.63) is 77.2 Å². The molecule has 0 saturated carbocycles. The molecule has 0 aliphatic carbocycles. The van der Waals surface area contributed by atoms with E-state index in [2.05, 4.69) is 43.1 Å². The maximum Gasteiger partial charge on any atom is 0.215 e. The van der Waals surface area contributed by atoms with Crippen LogP contribution in [0.15, 0.2) is 54.9 Å². The minimum Gasteiger partial charge on any atom is -0.473 e. The van der Waals surface area contributed by atoms with Crippen molar-refractivity contribution in [1.82, 2.24) is 19.7 Å². The van der Waals surface area contributed by atoms with E-state index >= 15 is 0 Å². The molecule has 26 heavy (non-hydrogen) atoms. The van der Waals surface area contributed by atoms with Gasteiger partial charge in [0, 0.05) is 29.4 Å². The molecule has 0 spiro atoms. The van der Waals surface area contributed by atoms with Gasteiger partial charge in [0.15, 0.2) is 5.65 Å². The molecule has 3 aromatic heterocycles. The van der Waals surface area contributed by atoms with E-state index in [0.717, 1.165) is 33.5 Å². The minimum atomic E-state index is 0.434. The van der Waals surface area contributed by atoms with Gasteiger partial charge in [-0.15, -0.1) is 0 Å². The third kappa shape index (κ3) is 3.04. The molecule has 0 fully saturated rings. The van der Waals surface area contributed by atoms with E-state index in [1.54, 1.807) is 12.4 Å². The minimum absolute atomic E-state index is 0.434. The van der Waals surface area contributed by atoms with Crippen molar-refractivity contribution in [2.45, 2.75) is 27.4 Å². The zero-order valence-electron chi connectivity index (χ0n) is 15.1. The molecule has 0 atom stereocenters. The largest absolute Gasteiger partial charge is 0.473 e. The fourth-order valence-electron chi connectivity index (χ4n) is 3.05. The van der Waals surface area contributed by atoms with Gasteiger partial charge in [0.25, 0.3) is 0 Å². The Kier molecular flexibility index (Phi) is 4.13. The molecule has 4 rings (SSSR count). The van der Waals surface area contributed by atoms with Crippen LogP contribution in [0.25, 0.3) is 16.7 Å². The Morgan fingerprint density at radius 3 is 2.58 bits per heavy atom. The van der Waals surface area contributed by atoms with Crippen LogP contribution in [0, 0.1) is 20.8 Å². The Hall–Kier alpha value is -3.21. The van der Waals surface area contributed by atoms with Gasteiger partial charge < -0.3 is 4.74 Å². The highest BCUT2D eigenvalue weighted by Crippen LogP contribution is 2.27. The molecule has 130 valence electrons. The summed E-state index contributed by atoms with van der Waals surface area (Å²) in [6, 6.07) is 14.1. The first kappa shape index (κ1) is 16.3. The highest BCUT2D eigenvalue weighted by atomic mass is 16.5. The molecule has 0 amide bonds. The Morgan fingerprint density at radius 2 is 1.85 bits per heavy atom. The van der Waals surface area contributed by atoms with E-state index in [0.29, 0.717) is 12.5 Å². The van der Waals surface area contributed by atoms with Crippen LogP contribution in [0.3, 0.4) is 0 Å². The van der Waals surface area contributed by atoms with Crippen LogP contribution >= 0.6 is 0 Å². The van der Waals surface area contributed by atoms with E-state index in [1.165, 1.54) is 5.56 Å². The molecule has 0 N–H and O–H groups in total. The van der Waals surface area contributed by atoms with E-state index in [9.17, 15) is 0 Å². The molecule has 0 unspecified atom stereocenters. The summed E-state index contributed by atoms with van der Waals surface area (Å²) in [5, 5.41) is 5.77. The summed E-state index contributed by atoms with van der Waals surface area (Å²) in [4.78, 5) is 8.84. The maximum atomic E-state index is 5.91. The first-order valence-corrected chi connectivity index (χ1v) is 8.57. The summed E-state index contributed by atoms with van der Waals surface area (Å²) in [6.07, 6.45) is 3.55. The van der Waals surface area contributed by atoms with Crippen LogP contribution in [-0.4, -0.2) is 19.7 Å². The zero-order chi connectivity index (χ0) is 18.1. The molecule has 3 heterocycles. The summed E-state index contributed by atoms with van der Waals surface area (Å²) < 4.78 is 7.79. The lowest BCUT2D eigenvalue weighted by Gasteiger charge is -2.08. The van der Waals surface area contributed by atoms with Crippen molar-refractivity contribution in [3.8, 4) is 11.6 Å². The van der Waals surface area contributed by atoms with Crippen LogP contribution in [0.5, 0.6) is 5.88 Å². The zero-order valence-corrected chi connectivity index (χ0v) is 15.1. The van der Waals surface area contributed by atoms with Gasteiger partial charge in [-0.05, 0) is 44.5 Å². The molecule has 1 aromatic carbocycles. The molecular weight excluding hydrogens is 324 g/mol. The van der Waals surface area contributed by atoms with E-state index < -0.39 is 0 Å². The van der Waals surface area contributed by atoms with Gasteiger partial charge in [-0.3, -0.25) is 4.98 Å². The van der Waals surface area contributed by atoms with Crippen molar-refractivity contribution in [3.63, 3.8) is 0 Å². The van der Waals surface area contributed by atoms with Crippen LogP contribution in [-0.2, 0) is 6.61 Å². The number of aromatic nitrogens is 4. The SMILES string of the molecule is Cc1ccc(-n2nc(C)c3c(C)cc(OCc4cccnc4)nc32)cc1.